The Bertz CT molecular complexity index is 399. The zero-order valence-corrected chi connectivity index (χ0v) is 11.3. The summed E-state index contributed by atoms with van der Waals surface area (Å²) in [6, 6.07) is 2.19. The van der Waals surface area contributed by atoms with E-state index >= 15 is 0 Å². The molecule has 1 atom stereocenters. The molecule has 0 bridgehead atoms. The summed E-state index contributed by atoms with van der Waals surface area (Å²) < 4.78 is 0. The Morgan fingerprint density at radius 2 is 2.00 bits per heavy atom. The third-order valence-electron chi connectivity index (χ3n) is 3.20. The summed E-state index contributed by atoms with van der Waals surface area (Å²) in [6.45, 7) is 3.04. The Hall–Kier alpha value is -0.830. The van der Waals surface area contributed by atoms with Crippen LogP contribution in [-0.2, 0) is 0 Å². The minimum Gasteiger partial charge on any atom is -0.289 e. The van der Waals surface area contributed by atoms with Crippen LogP contribution in [0.4, 0.5) is 0 Å². The van der Waals surface area contributed by atoms with Gasteiger partial charge in [-0.2, -0.15) is 12.6 Å². The second-order valence-electron chi connectivity index (χ2n) is 4.68. The first-order chi connectivity index (χ1) is 8.27. The summed E-state index contributed by atoms with van der Waals surface area (Å²) in [5, 5.41) is 0.233. The van der Waals surface area contributed by atoms with Crippen LogP contribution >= 0.6 is 12.6 Å². The lowest BCUT2D eigenvalue weighted by molar-refractivity contribution is 0.644. The molecule has 2 rings (SSSR count). The van der Waals surface area contributed by atoms with Gasteiger partial charge in [0.25, 0.3) is 0 Å². The Morgan fingerprint density at radius 3 is 2.82 bits per heavy atom. The van der Waals surface area contributed by atoms with Gasteiger partial charge in [-0.15, -0.1) is 0 Å². The van der Waals surface area contributed by atoms with Crippen LogP contribution < -0.4 is 0 Å². The van der Waals surface area contributed by atoms with Crippen molar-refractivity contribution in [3.05, 3.63) is 29.6 Å². The van der Waals surface area contributed by atoms with E-state index in [1.54, 1.807) is 0 Å². The van der Waals surface area contributed by atoms with Gasteiger partial charge in [-0.05, 0) is 37.8 Å². The van der Waals surface area contributed by atoms with E-state index in [2.05, 4.69) is 30.6 Å². The minimum absolute atomic E-state index is 0.233. The summed E-state index contributed by atoms with van der Waals surface area (Å²) >= 11 is 4.46. The zero-order chi connectivity index (χ0) is 12.1. The Balaban J connectivity index is 2.22. The van der Waals surface area contributed by atoms with Crippen molar-refractivity contribution in [1.82, 2.24) is 4.98 Å². The lowest BCUT2D eigenvalue weighted by Crippen LogP contribution is -2.06. The molecule has 0 saturated carbocycles. The summed E-state index contributed by atoms with van der Waals surface area (Å²) in [5.41, 5.74) is 3.59. The van der Waals surface area contributed by atoms with Crippen molar-refractivity contribution in [1.29, 1.82) is 0 Å². The van der Waals surface area contributed by atoms with Crippen LogP contribution in [0.25, 0.3) is 0 Å². The predicted molar refractivity (Wildman–Crippen MR) is 76.1 cm³/mol. The fourth-order valence-corrected chi connectivity index (χ4v) is 2.27. The van der Waals surface area contributed by atoms with Crippen molar-refractivity contribution < 1.29 is 0 Å². The smallest absolute Gasteiger partial charge is 0.0436 e. The van der Waals surface area contributed by atoms with Crippen molar-refractivity contribution >= 4 is 18.3 Å². The van der Waals surface area contributed by atoms with E-state index < -0.39 is 0 Å². The number of hydrogen-bond donors (Lipinski definition) is 1. The molecule has 1 aromatic heterocycles. The average Bonchev–Trinajstić information content (AvgIpc) is 2.28. The van der Waals surface area contributed by atoms with Crippen LogP contribution in [-0.4, -0.2) is 17.2 Å². The predicted octanol–water partition coefficient (Wildman–Crippen LogP) is 3.83. The van der Waals surface area contributed by atoms with E-state index in [1.165, 1.54) is 42.5 Å². The number of thiol groups is 1. The molecule has 0 amide bonds. The molecule has 1 aromatic rings. The molecule has 0 aromatic carbocycles. The van der Waals surface area contributed by atoms with Gasteiger partial charge in [0, 0.05) is 35.5 Å². The van der Waals surface area contributed by atoms with Gasteiger partial charge in [0.15, 0.2) is 0 Å². The van der Waals surface area contributed by atoms with Crippen molar-refractivity contribution in [2.75, 3.05) is 6.54 Å². The summed E-state index contributed by atoms with van der Waals surface area (Å²) in [4.78, 5) is 9.01. The quantitative estimate of drug-likeness (QED) is 0.791. The SMILES string of the molecule is CC(S)c1cncc(C2=NCCCCCC2)c1. The number of nitrogens with zero attached hydrogens (tertiary/aromatic N) is 2. The van der Waals surface area contributed by atoms with Gasteiger partial charge in [-0.3, -0.25) is 9.98 Å². The normalized spacial score (nSPS) is 19.1. The van der Waals surface area contributed by atoms with E-state index in [4.69, 9.17) is 4.99 Å². The molecule has 1 aliphatic rings. The molecule has 17 heavy (non-hydrogen) atoms. The average molecular weight is 248 g/mol. The van der Waals surface area contributed by atoms with E-state index in [0.717, 1.165) is 13.0 Å². The molecule has 0 saturated heterocycles. The highest BCUT2D eigenvalue weighted by atomic mass is 32.1. The van der Waals surface area contributed by atoms with Gasteiger partial charge < -0.3 is 0 Å². The lowest BCUT2D eigenvalue weighted by Gasteiger charge is -2.12. The second kappa shape index (κ2) is 6.20. The van der Waals surface area contributed by atoms with Crippen LogP contribution in [0, 0.1) is 0 Å². The summed E-state index contributed by atoms with van der Waals surface area (Å²) in [6.07, 6.45) is 10.0. The van der Waals surface area contributed by atoms with Gasteiger partial charge in [0.05, 0.1) is 0 Å². The number of hydrogen-bond acceptors (Lipinski definition) is 3. The number of pyridine rings is 1. The third-order valence-corrected chi connectivity index (χ3v) is 3.50. The molecule has 92 valence electrons. The number of aliphatic imine (C=N–C) groups is 1. The van der Waals surface area contributed by atoms with E-state index in [1.807, 2.05) is 12.4 Å². The number of rotatable bonds is 2. The highest BCUT2D eigenvalue weighted by Gasteiger charge is 2.09. The molecule has 3 heteroatoms. The maximum absolute atomic E-state index is 4.71. The molecule has 1 aliphatic heterocycles. The first kappa shape index (κ1) is 12.6. The van der Waals surface area contributed by atoms with Crippen LogP contribution in [0.15, 0.2) is 23.5 Å². The Labute approximate surface area is 109 Å². The Morgan fingerprint density at radius 1 is 1.18 bits per heavy atom. The second-order valence-corrected chi connectivity index (χ2v) is 5.45. The van der Waals surface area contributed by atoms with Gasteiger partial charge in [0.1, 0.15) is 0 Å². The molecule has 0 aliphatic carbocycles. The van der Waals surface area contributed by atoms with Crippen molar-refractivity contribution in [2.45, 2.75) is 44.3 Å². The topological polar surface area (TPSA) is 25.2 Å². The van der Waals surface area contributed by atoms with Gasteiger partial charge >= 0.3 is 0 Å². The molecule has 0 fully saturated rings. The van der Waals surface area contributed by atoms with Crippen molar-refractivity contribution in [3.8, 4) is 0 Å². The lowest BCUT2D eigenvalue weighted by atomic mass is 10.0. The van der Waals surface area contributed by atoms with E-state index in [9.17, 15) is 0 Å². The molecular weight excluding hydrogens is 228 g/mol. The zero-order valence-electron chi connectivity index (χ0n) is 10.4. The summed E-state index contributed by atoms with van der Waals surface area (Å²) in [7, 11) is 0. The monoisotopic (exact) mass is 248 g/mol. The van der Waals surface area contributed by atoms with E-state index in [-0.39, 0.29) is 5.25 Å². The van der Waals surface area contributed by atoms with E-state index in [0.29, 0.717) is 0 Å². The number of aromatic nitrogens is 1. The fraction of sp³-hybridized carbons (Fsp3) is 0.571. The molecule has 0 N–H and O–H groups in total. The van der Waals surface area contributed by atoms with Crippen LogP contribution in [0.1, 0.15) is 55.4 Å². The summed E-state index contributed by atoms with van der Waals surface area (Å²) in [5.74, 6) is 0. The third kappa shape index (κ3) is 3.56. The van der Waals surface area contributed by atoms with Crippen LogP contribution in [0.3, 0.4) is 0 Å². The fourth-order valence-electron chi connectivity index (χ4n) is 2.13. The van der Waals surface area contributed by atoms with Crippen LogP contribution in [0.2, 0.25) is 0 Å². The van der Waals surface area contributed by atoms with Gasteiger partial charge in [-0.25, -0.2) is 0 Å². The molecule has 0 radical (unpaired) electrons. The maximum atomic E-state index is 4.71. The highest BCUT2D eigenvalue weighted by molar-refractivity contribution is 7.80. The van der Waals surface area contributed by atoms with Crippen molar-refractivity contribution in [3.63, 3.8) is 0 Å². The minimum atomic E-state index is 0.233. The standard InChI is InChI=1S/C14H20N2S/c1-11(17)12-8-13(10-15-9-12)14-6-4-2-3-5-7-16-14/h8-11,17H,2-7H2,1H3. The van der Waals surface area contributed by atoms with Gasteiger partial charge in [0.2, 0.25) is 0 Å². The van der Waals surface area contributed by atoms with Gasteiger partial charge in [-0.1, -0.05) is 12.8 Å². The molecule has 2 heterocycles. The molecular formula is C14H20N2S. The van der Waals surface area contributed by atoms with Crippen molar-refractivity contribution in [2.24, 2.45) is 4.99 Å². The largest absolute Gasteiger partial charge is 0.289 e. The molecule has 2 nitrogen and oxygen atoms in total. The molecule has 0 spiro atoms. The first-order valence-electron chi connectivity index (χ1n) is 6.44. The highest BCUT2D eigenvalue weighted by Crippen LogP contribution is 2.20. The van der Waals surface area contributed by atoms with Crippen LogP contribution in [0.5, 0.6) is 0 Å². The molecule has 1 unspecified atom stereocenters. The first-order valence-corrected chi connectivity index (χ1v) is 6.96. The maximum Gasteiger partial charge on any atom is 0.0436 e. The Kier molecular flexibility index (Phi) is 4.60.